The van der Waals surface area contributed by atoms with Gasteiger partial charge in [0.2, 0.25) is 0 Å². The molecule has 8 nitrogen and oxygen atoms in total. The van der Waals surface area contributed by atoms with Crippen LogP contribution in [0.25, 0.3) is 5.69 Å². The summed E-state index contributed by atoms with van der Waals surface area (Å²) >= 11 is 0. The number of aliphatic carboxylic acids is 1. The molecular formula is C28H34N4O4. The number of carbonyl (C=O) groups excluding carboxylic acids is 1. The Kier molecular flexibility index (Phi) is 7.93. The molecule has 1 amide bonds. The van der Waals surface area contributed by atoms with Gasteiger partial charge in [0, 0.05) is 35.5 Å². The van der Waals surface area contributed by atoms with Crippen LogP contribution in [-0.2, 0) is 4.79 Å². The lowest BCUT2D eigenvalue weighted by Gasteiger charge is -2.22. The van der Waals surface area contributed by atoms with Gasteiger partial charge in [-0.3, -0.25) is 9.59 Å². The number of methoxy groups -OCH3 is 1. The molecule has 0 bridgehead atoms. The fourth-order valence-corrected chi connectivity index (χ4v) is 4.25. The van der Waals surface area contributed by atoms with Crippen molar-refractivity contribution in [3.63, 3.8) is 0 Å². The standard InChI is InChI=1S/C28H34N4O4/c1-18(2)16-25(30-21-8-6-20(7-9-21)28(35)29-15-14-26(33)34)24-17-32(31-27(24)19-4-5-19)22-10-12-23(36-3)13-11-22/h6-13,17-19,25,30H,4-5,14-16H2,1-3H3,(H,29,35)(H,33,34). The van der Waals surface area contributed by atoms with Gasteiger partial charge in [-0.2, -0.15) is 5.10 Å². The van der Waals surface area contributed by atoms with E-state index in [0.717, 1.165) is 42.1 Å². The zero-order valence-corrected chi connectivity index (χ0v) is 21.0. The molecule has 0 radical (unpaired) electrons. The molecule has 1 heterocycles. The highest BCUT2D eigenvalue weighted by Crippen LogP contribution is 2.44. The summed E-state index contributed by atoms with van der Waals surface area (Å²) in [7, 11) is 1.66. The fourth-order valence-electron chi connectivity index (χ4n) is 4.25. The number of carbonyl (C=O) groups is 2. The van der Waals surface area contributed by atoms with E-state index in [1.807, 2.05) is 41.1 Å². The number of carboxylic acid groups (broad SMARTS) is 1. The van der Waals surface area contributed by atoms with E-state index in [9.17, 15) is 9.59 Å². The van der Waals surface area contributed by atoms with E-state index in [0.29, 0.717) is 17.4 Å². The second-order valence-electron chi connectivity index (χ2n) is 9.69. The number of nitrogens with zero attached hydrogens (tertiary/aromatic N) is 2. The molecule has 1 aromatic heterocycles. The molecule has 8 heteroatoms. The van der Waals surface area contributed by atoms with Crippen molar-refractivity contribution in [2.75, 3.05) is 19.0 Å². The summed E-state index contributed by atoms with van der Waals surface area (Å²) < 4.78 is 7.25. The van der Waals surface area contributed by atoms with E-state index >= 15 is 0 Å². The van der Waals surface area contributed by atoms with Crippen molar-refractivity contribution in [3.8, 4) is 11.4 Å². The maximum Gasteiger partial charge on any atom is 0.305 e. The second-order valence-corrected chi connectivity index (χ2v) is 9.69. The Bertz CT molecular complexity index is 1180. The third kappa shape index (κ3) is 6.44. The lowest BCUT2D eigenvalue weighted by molar-refractivity contribution is -0.136. The van der Waals surface area contributed by atoms with Crippen molar-refractivity contribution in [2.24, 2.45) is 5.92 Å². The first-order valence-electron chi connectivity index (χ1n) is 12.4. The molecule has 36 heavy (non-hydrogen) atoms. The van der Waals surface area contributed by atoms with Crippen LogP contribution in [0.2, 0.25) is 0 Å². The quantitative estimate of drug-likeness (QED) is 0.324. The zero-order valence-electron chi connectivity index (χ0n) is 21.0. The number of hydrogen-bond donors (Lipinski definition) is 3. The largest absolute Gasteiger partial charge is 0.497 e. The normalized spacial score (nSPS) is 13.9. The third-order valence-corrected chi connectivity index (χ3v) is 6.27. The smallest absolute Gasteiger partial charge is 0.305 e. The number of hydrogen-bond acceptors (Lipinski definition) is 5. The molecule has 2 aromatic carbocycles. The highest BCUT2D eigenvalue weighted by atomic mass is 16.5. The number of anilines is 1. The van der Waals surface area contributed by atoms with Crippen LogP contribution in [0.5, 0.6) is 5.75 Å². The average Bonchev–Trinajstić information content (AvgIpc) is 3.61. The molecule has 1 aliphatic carbocycles. The molecule has 1 saturated carbocycles. The molecule has 1 aliphatic rings. The average molecular weight is 491 g/mol. The highest BCUT2D eigenvalue weighted by molar-refractivity contribution is 5.94. The topological polar surface area (TPSA) is 105 Å². The second kappa shape index (κ2) is 11.3. The molecule has 0 aliphatic heterocycles. The minimum atomic E-state index is -0.938. The SMILES string of the molecule is COc1ccc(-n2cc(C(CC(C)C)Nc3ccc(C(=O)NCCC(=O)O)cc3)c(C3CC3)n2)cc1. The maximum absolute atomic E-state index is 12.3. The summed E-state index contributed by atoms with van der Waals surface area (Å²) in [5.41, 5.74) is 4.76. The van der Waals surface area contributed by atoms with Crippen molar-refractivity contribution in [1.29, 1.82) is 0 Å². The van der Waals surface area contributed by atoms with Gasteiger partial charge in [0.05, 0.1) is 31.0 Å². The number of amides is 1. The van der Waals surface area contributed by atoms with Crippen LogP contribution >= 0.6 is 0 Å². The number of carboxylic acids is 1. The van der Waals surface area contributed by atoms with Crippen molar-refractivity contribution >= 4 is 17.6 Å². The van der Waals surface area contributed by atoms with E-state index in [1.165, 1.54) is 5.56 Å². The van der Waals surface area contributed by atoms with Gasteiger partial charge in [0.25, 0.3) is 5.91 Å². The number of ether oxygens (including phenoxy) is 1. The molecule has 1 fully saturated rings. The summed E-state index contributed by atoms with van der Waals surface area (Å²) in [6.07, 6.45) is 5.29. The van der Waals surface area contributed by atoms with Crippen LogP contribution in [-0.4, -0.2) is 40.4 Å². The van der Waals surface area contributed by atoms with E-state index in [1.54, 1.807) is 19.2 Å². The minimum absolute atomic E-state index is 0.0721. The van der Waals surface area contributed by atoms with Gasteiger partial charge in [0.15, 0.2) is 0 Å². The Morgan fingerprint density at radius 1 is 1.11 bits per heavy atom. The van der Waals surface area contributed by atoms with Crippen molar-refractivity contribution in [1.82, 2.24) is 15.1 Å². The van der Waals surface area contributed by atoms with Crippen LogP contribution < -0.4 is 15.4 Å². The lowest BCUT2D eigenvalue weighted by Crippen LogP contribution is -2.25. The predicted octanol–water partition coefficient (Wildman–Crippen LogP) is 5.16. The molecule has 3 aromatic rings. The van der Waals surface area contributed by atoms with Gasteiger partial charge in [-0.15, -0.1) is 0 Å². The van der Waals surface area contributed by atoms with Gasteiger partial charge in [0.1, 0.15) is 5.75 Å². The summed E-state index contributed by atoms with van der Waals surface area (Å²) in [6.45, 7) is 4.53. The van der Waals surface area contributed by atoms with Crippen LogP contribution in [0.15, 0.2) is 54.7 Å². The zero-order chi connectivity index (χ0) is 25.7. The van der Waals surface area contributed by atoms with Crippen molar-refractivity contribution in [2.45, 2.75) is 51.5 Å². The van der Waals surface area contributed by atoms with Crippen molar-refractivity contribution in [3.05, 3.63) is 71.5 Å². The first-order valence-corrected chi connectivity index (χ1v) is 12.4. The van der Waals surface area contributed by atoms with Crippen molar-refractivity contribution < 1.29 is 19.4 Å². The number of benzene rings is 2. The first kappa shape index (κ1) is 25.3. The van der Waals surface area contributed by atoms with Crippen LogP contribution in [0.4, 0.5) is 5.69 Å². The van der Waals surface area contributed by atoms with E-state index < -0.39 is 5.97 Å². The molecule has 0 spiro atoms. The Labute approximate surface area is 211 Å². The molecule has 1 unspecified atom stereocenters. The third-order valence-electron chi connectivity index (χ3n) is 6.27. The van der Waals surface area contributed by atoms with Crippen LogP contribution in [0.1, 0.15) is 73.1 Å². The highest BCUT2D eigenvalue weighted by Gasteiger charge is 2.32. The van der Waals surface area contributed by atoms with Gasteiger partial charge in [-0.05, 0) is 73.7 Å². The van der Waals surface area contributed by atoms with Crippen LogP contribution in [0.3, 0.4) is 0 Å². The Hall–Kier alpha value is -3.81. The fraction of sp³-hybridized carbons (Fsp3) is 0.393. The summed E-state index contributed by atoms with van der Waals surface area (Å²) in [5.74, 6) is 0.558. The summed E-state index contributed by atoms with van der Waals surface area (Å²) in [4.78, 5) is 23.0. The molecule has 190 valence electrons. The lowest BCUT2D eigenvalue weighted by atomic mass is 9.95. The molecule has 1 atom stereocenters. The molecule has 4 rings (SSSR count). The van der Waals surface area contributed by atoms with E-state index in [4.69, 9.17) is 14.9 Å². The molecule has 0 saturated heterocycles. The molecular weight excluding hydrogens is 456 g/mol. The van der Waals surface area contributed by atoms with Gasteiger partial charge < -0.3 is 20.5 Å². The monoisotopic (exact) mass is 490 g/mol. The van der Waals surface area contributed by atoms with E-state index in [-0.39, 0.29) is 24.9 Å². The molecule has 3 N–H and O–H groups in total. The minimum Gasteiger partial charge on any atom is -0.497 e. The Morgan fingerprint density at radius 2 is 1.81 bits per heavy atom. The van der Waals surface area contributed by atoms with Gasteiger partial charge in [-0.25, -0.2) is 4.68 Å². The number of nitrogens with one attached hydrogen (secondary N) is 2. The van der Waals surface area contributed by atoms with Gasteiger partial charge in [-0.1, -0.05) is 13.8 Å². The first-order chi connectivity index (χ1) is 17.3. The maximum atomic E-state index is 12.3. The summed E-state index contributed by atoms with van der Waals surface area (Å²) in [6, 6.07) is 15.3. The Balaban J connectivity index is 1.54. The summed E-state index contributed by atoms with van der Waals surface area (Å²) in [5, 5.41) is 20.0. The van der Waals surface area contributed by atoms with Gasteiger partial charge >= 0.3 is 5.97 Å². The number of rotatable bonds is 12. The van der Waals surface area contributed by atoms with Crippen LogP contribution in [0, 0.1) is 5.92 Å². The van der Waals surface area contributed by atoms with E-state index in [2.05, 4.69) is 30.7 Å². The predicted molar refractivity (Wildman–Crippen MR) is 139 cm³/mol. The number of aromatic nitrogens is 2. The Morgan fingerprint density at radius 3 is 2.39 bits per heavy atom.